The van der Waals surface area contributed by atoms with Crippen LogP contribution in [0.25, 0.3) is 0 Å². The van der Waals surface area contributed by atoms with E-state index in [1.807, 2.05) is 0 Å². The van der Waals surface area contributed by atoms with Gasteiger partial charge in [-0.3, -0.25) is 4.90 Å². The number of methoxy groups -OCH3 is 1. The fraction of sp³-hybridized carbons (Fsp3) is 0.778. The minimum Gasteiger partial charge on any atom is -0.383 e. The summed E-state index contributed by atoms with van der Waals surface area (Å²) in [4.78, 5) is 2.37. The second kappa shape index (κ2) is 5.21. The van der Waals surface area contributed by atoms with Gasteiger partial charge in [0.1, 0.15) is 10.0 Å². The maximum Gasteiger partial charge on any atom is 0.138 e. The lowest BCUT2D eigenvalue weighted by atomic mass is 10.4. The molecule has 2 rings (SSSR count). The molecule has 1 aliphatic rings. The van der Waals surface area contributed by atoms with Crippen LogP contribution in [-0.2, 0) is 11.3 Å². The standard InChI is InChI=1S/C9H14ClN3OS/c1-14-5-4-13(7-2-3-7)6-8-9(10)15-12-11-8/h7H,2-6H2,1H3. The lowest BCUT2D eigenvalue weighted by Gasteiger charge is -2.20. The Bertz CT molecular complexity index is 316. The first-order valence-electron chi connectivity index (χ1n) is 5.01. The average molecular weight is 248 g/mol. The number of halogens is 1. The van der Waals surface area contributed by atoms with Crippen LogP contribution in [0.5, 0.6) is 0 Å². The van der Waals surface area contributed by atoms with Crippen molar-refractivity contribution in [3.63, 3.8) is 0 Å². The Morgan fingerprint density at radius 1 is 1.60 bits per heavy atom. The molecule has 0 saturated heterocycles. The molecular weight excluding hydrogens is 234 g/mol. The van der Waals surface area contributed by atoms with Crippen molar-refractivity contribution in [3.8, 4) is 0 Å². The van der Waals surface area contributed by atoms with E-state index in [1.54, 1.807) is 7.11 Å². The summed E-state index contributed by atoms with van der Waals surface area (Å²) in [5, 5.41) is 4.03. The fourth-order valence-corrected chi connectivity index (χ4v) is 2.13. The van der Waals surface area contributed by atoms with Crippen LogP contribution in [0.1, 0.15) is 18.5 Å². The monoisotopic (exact) mass is 247 g/mol. The third-order valence-corrected chi connectivity index (χ3v) is 3.49. The smallest absolute Gasteiger partial charge is 0.138 e. The molecule has 1 fully saturated rings. The zero-order chi connectivity index (χ0) is 10.7. The van der Waals surface area contributed by atoms with Crippen molar-refractivity contribution in [1.82, 2.24) is 14.5 Å². The maximum atomic E-state index is 5.98. The van der Waals surface area contributed by atoms with Crippen molar-refractivity contribution >= 4 is 23.1 Å². The second-order valence-corrected chi connectivity index (χ2v) is 5.04. The minimum atomic E-state index is 0.693. The van der Waals surface area contributed by atoms with E-state index in [2.05, 4.69) is 14.5 Å². The number of rotatable bonds is 6. The molecule has 0 atom stereocenters. The molecule has 1 aromatic rings. The highest BCUT2D eigenvalue weighted by atomic mass is 35.5. The maximum absolute atomic E-state index is 5.98. The molecule has 0 amide bonds. The molecule has 1 heterocycles. The summed E-state index contributed by atoms with van der Waals surface area (Å²) in [5.41, 5.74) is 0.893. The second-order valence-electron chi connectivity index (χ2n) is 3.69. The first-order chi connectivity index (χ1) is 7.31. The van der Waals surface area contributed by atoms with E-state index >= 15 is 0 Å². The van der Waals surface area contributed by atoms with Gasteiger partial charge in [0.25, 0.3) is 0 Å². The molecule has 0 spiro atoms. The average Bonchev–Trinajstić information content (AvgIpc) is 2.99. The number of hydrogen-bond donors (Lipinski definition) is 0. The SMILES string of the molecule is COCCN(Cc1nnsc1Cl)C1CC1. The summed E-state index contributed by atoms with van der Waals surface area (Å²) in [7, 11) is 1.72. The largest absolute Gasteiger partial charge is 0.383 e. The summed E-state index contributed by atoms with van der Waals surface area (Å²) in [6, 6.07) is 0.693. The Morgan fingerprint density at radius 2 is 2.40 bits per heavy atom. The minimum absolute atomic E-state index is 0.693. The van der Waals surface area contributed by atoms with Crippen LogP contribution >= 0.6 is 23.1 Å². The highest BCUT2D eigenvalue weighted by Gasteiger charge is 2.29. The Kier molecular flexibility index (Phi) is 3.91. The molecule has 0 aliphatic heterocycles. The van der Waals surface area contributed by atoms with Gasteiger partial charge in [-0.1, -0.05) is 16.1 Å². The van der Waals surface area contributed by atoms with Gasteiger partial charge in [-0.15, -0.1) is 5.10 Å². The lowest BCUT2D eigenvalue weighted by Crippen LogP contribution is -2.29. The van der Waals surface area contributed by atoms with Crippen LogP contribution in [0.2, 0.25) is 4.34 Å². The van der Waals surface area contributed by atoms with Crippen LogP contribution < -0.4 is 0 Å². The number of aromatic nitrogens is 2. The molecule has 15 heavy (non-hydrogen) atoms. The van der Waals surface area contributed by atoms with Gasteiger partial charge >= 0.3 is 0 Å². The van der Waals surface area contributed by atoms with Crippen molar-refractivity contribution in [2.45, 2.75) is 25.4 Å². The Labute approximate surface area is 98.3 Å². The van der Waals surface area contributed by atoms with Crippen LogP contribution in [0, 0.1) is 0 Å². The van der Waals surface area contributed by atoms with E-state index in [4.69, 9.17) is 16.3 Å². The van der Waals surface area contributed by atoms with Crippen molar-refractivity contribution in [2.24, 2.45) is 0 Å². The van der Waals surface area contributed by atoms with Crippen molar-refractivity contribution in [3.05, 3.63) is 10.0 Å². The topological polar surface area (TPSA) is 38.2 Å². The van der Waals surface area contributed by atoms with E-state index in [0.29, 0.717) is 10.4 Å². The molecule has 4 nitrogen and oxygen atoms in total. The van der Waals surface area contributed by atoms with Gasteiger partial charge in [0.2, 0.25) is 0 Å². The highest BCUT2D eigenvalue weighted by Crippen LogP contribution is 2.29. The van der Waals surface area contributed by atoms with E-state index < -0.39 is 0 Å². The quantitative estimate of drug-likeness (QED) is 0.769. The van der Waals surface area contributed by atoms with Gasteiger partial charge in [0.05, 0.1) is 6.61 Å². The molecule has 1 aromatic heterocycles. The first-order valence-corrected chi connectivity index (χ1v) is 6.16. The van der Waals surface area contributed by atoms with E-state index in [1.165, 1.54) is 24.4 Å². The van der Waals surface area contributed by atoms with E-state index in [9.17, 15) is 0 Å². The Hall–Kier alpha value is -0.230. The Morgan fingerprint density at radius 3 is 2.93 bits per heavy atom. The van der Waals surface area contributed by atoms with Crippen LogP contribution in [0.15, 0.2) is 0 Å². The lowest BCUT2D eigenvalue weighted by molar-refractivity contribution is 0.139. The normalized spacial score (nSPS) is 16.2. The number of ether oxygens (including phenoxy) is 1. The van der Waals surface area contributed by atoms with Gasteiger partial charge in [-0.25, -0.2) is 0 Å². The summed E-state index contributed by atoms with van der Waals surface area (Å²) >= 11 is 7.23. The van der Waals surface area contributed by atoms with Crippen LogP contribution in [0.3, 0.4) is 0 Å². The van der Waals surface area contributed by atoms with Gasteiger partial charge in [-0.2, -0.15) is 0 Å². The van der Waals surface area contributed by atoms with Crippen molar-refractivity contribution in [2.75, 3.05) is 20.3 Å². The predicted molar refractivity (Wildman–Crippen MR) is 60.2 cm³/mol. The molecule has 0 aromatic carbocycles. The highest BCUT2D eigenvalue weighted by molar-refractivity contribution is 7.10. The molecule has 0 unspecified atom stereocenters. The van der Waals surface area contributed by atoms with Gasteiger partial charge < -0.3 is 4.74 Å². The molecule has 0 radical (unpaired) electrons. The van der Waals surface area contributed by atoms with E-state index in [-0.39, 0.29) is 0 Å². The van der Waals surface area contributed by atoms with E-state index in [0.717, 1.165) is 25.4 Å². The van der Waals surface area contributed by atoms with Gasteiger partial charge in [0.15, 0.2) is 0 Å². The summed E-state index contributed by atoms with van der Waals surface area (Å²) in [6.07, 6.45) is 2.55. The van der Waals surface area contributed by atoms with Crippen LogP contribution in [-0.4, -0.2) is 40.8 Å². The van der Waals surface area contributed by atoms with Crippen LogP contribution in [0.4, 0.5) is 0 Å². The number of hydrogen-bond acceptors (Lipinski definition) is 5. The van der Waals surface area contributed by atoms with Crippen molar-refractivity contribution in [1.29, 1.82) is 0 Å². The third kappa shape index (κ3) is 3.11. The first kappa shape index (κ1) is 11.3. The van der Waals surface area contributed by atoms with Gasteiger partial charge in [-0.05, 0) is 12.8 Å². The fourth-order valence-electron chi connectivity index (χ4n) is 1.52. The summed E-state index contributed by atoms with van der Waals surface area (Å²) < 4.78 is 9.63. The molecular formula is C9H14ClN3OS. The zero-order valence-corrected chi connectivity index (χ0v) is 10.2. The molecule has 1 saturated carbocycles. The zero-order valence-electron chi connectivity index (χ0n) is 8.65. The summed E-state index contributed by atoms with van der Waals surface area (Å²) in [6.45, 7) is 2.49. The Balaban J connectivity index is 1.91. The summed E-state index contributed by atoms with van der Waals surface area (Å²) in [5.74, 6) is 0. The number of nitrogens with zero attached hydrogens (tertiary/aromatic N) is 3. The van der Waals surface area contributed by atoms with Gasteiger partial charge in [0, 0.05) is 37.8 Å². The molecule has 0 bridgehead atoms. The molecule has 1 aliphatic carbocycles. The third-order valence-electron chi connectivity index (χ3n) is 2.51. The molecule has 0 N–H and O–H groups in total. The molecule has 6 heteroatoms. The molecule has 84 valence electrons. The van der Waals surface area contributed by atoms with Crippen molar-refractivity contribution < 1.29 is 4.74 Å². The predicted octanol–water partition coefficient (Wildman–Crippen LogP) is 1.80.